The SMILES string of the molecule is COc1ccc(-n2c3ccc(cc3)n(-c3ccc(OC)cc3)c3cccc(c3)n(-c3ccc(OC)cc3)c3ccc(cc3)n(-c3ccc(OC)cc3)c3cccc2c3)cc1. The monoisotopic (exact) mass is 788 g/mol. The van der Waals surface area contributed by atoms with E-state index in [1.54, 1.807) is 28.4 Å². The van der Waals surface area contributed by atoms with E-state index in [4.69, 9.17) is 18.9 Å². The highest BCUT2D eigenvalue weighted by atomic mass is 16.5. The fraction of sp³-hybridized carbons (Fsp3) is 0.0769. The number of nitrogens with zero attached hydrogens (tertiary/aromatic N) is 4. The largest absolute Gasteiger partial charge is 0.497 e. The summed E-state index contributed by atoms with van der Waals surface area (Å²) in [7, 11) is 6.76. The van der Waals surface area contributed by atoms with Gasteiger partial charge in [-0.2, -0.15) is 0 Å². The minimum Gasteiger partial charge on any atom is -0.497 e. The maximum absolute atomic E-state index is 5.56. The third-order valence-electron chi connectivity index (χ3n) is 10.7. The van der Waals surface area contributed by atoms with E-state index in [0.29, 0.717) is 0 Å². The minimum atomic E-state index is 0.793. The lowest BCUT2D eigenvalue weighted by molar-refractivity contribution is 0.414. The lowest BCUT2D eigenvalue weighted by atomic mass is 10.2. The van der Waals surface area contributed by atoms with Crippen LogP contribution in [-0.2, 0) is 0 Å². The Morgan fingerprint density at radius 3 is 0.617 bits per heavy atom. The van der Waals surface area contributed by atoms with E-state index in [-0.39, 0.29) is 0 Å². The second-order valence-electron chi connectivity index (χ2n) is 14.2. The van der Waals surface area contributed by atoms with E-state index in [9.17, 15) is 0 Å². The predicted molar refractivity (Wildman–Crippen MR) is 244 cm³/mol. The van der Waals surface area contributed by atoms with Crippen LogP contribution in [0.5, 0.6) is 23.0 Å². The van der Waals surface area contributed by atoms with E-state index in [1.807, 2.05) is 48.5 Å². The number of methoxy groups -OCH3 is 4. The van der Waals surface area contributed by atoms with E-state index >= 15 is 0 Å². The second-order valence-corrected chi connectivity index (χ2v) is 14.2. The summed E-state index contributed by atoms with van der Waals surface area (Å²) >= 11 is 0. The van der Waals surface area contributed by atoms with Crippen LogP contribution >= 0.6 is 0 Å². The molecule has 0 aliphatic carbocycles. The van der Waals surface area contributed by atoms with Gasteiger partial charge in [0.15, 0.2) is 0 Å². The van der Waals surface area contributed by atoms with Crippen molar-refractivity contribution in [2.75, 3.05) is 28.4 Å². The molecule has 0 N–H and O–H groups in total. The summed E-state index contributed by atoms with van der Waals surface area (Å²) in [5.41, 5.74) is 11.9. The van der Waals surface area contributed by atoms with Gasteiger partial charge in [0, 0.05) is 66.9 Å². The standard InChI is InChI=1S/C52H44N4O4/c1-57-49-27-19-41(20-28-49)53-37-11-13-38(14-12-37)55(43-23-31-51(59-3)32-24-43)47-9-6-10-48(36-47)56(44-25-33-52(60-4)34-26-44)40-17-15-39(16-18-40)54(46-8-5-7-45(53)35-46)42-21-29-50(58-2)30-22-42/h5-36H,1-4H3. The van der Waals surface area contributed by atoms with Gasteiger partial charge < -0.3 is 37.2 Å². The van der Waals surface area contributed by atoms with Crippen molar-refractivity contribution < 1.29 is 18.9 Å². The third kappa shape index (κ3) is 7.38. The highest BCUT2D eigenvalue weighted by Gasteiger charge is 2.09. The highest BCUT2D eigenvalue weighted by Crippen LogP contribution is 2.28. The number of hydrogen-bond acceptors (Lipinski definition) is 4. The quantitative estimate of drug-likeness (QED) is 0.154. The zero-order valence-corrected chi connectivity index (χ0v) is 33.9. The summed E-state index contributed by atoms with van der Waals surface area (Å²) in [5, 5.41) is 0. The number of hydrogen-bond donors (Lipinski definition) is 0. The molecule has 12 rings (SSSR count). The van der Waals surface area contributed by atoms with Crippen LogP contribution in [0.1, 0.15) is 0 Å². The molecule has 0 aliphatic rings. The Labute approximate surface area is 348 Å². The Morgan fingerprint density at radius 1 is 0.233 bits per heavy atom. The van der Waals surface area contributed by atoms with Crippen LogP contribution in [0.3, 0.4) is 0 Å². The molecule has 12 aromatic rings. The summed E-state index contributed by atoms with van der Waals surface area (Å²) in [6.07, 6.45) is 0. The molecule has 0 amide bonds. The maximum Gasteiger partial charge on any atom is 0.119 e. The van der Waals surface area contributed by atoms with Crippen LogP contribution < -0.4 is 18.9 Å². The topological polar surface area (TPSA) is 56.6 Å². The first-order valence-corrected chi connectivity index (χ1v) is 19.7. The average molecular weight is 789 g/mol. The molecule has 0 saturated heterocycles. The van der Waals surface area contributed by atoms with Gasteiger partial charge in [-0.3, -0.25) is 0 Å². The summed E-state index contributed by atoms with van der Waals surface area (Å²) < 4.78 is 31.4. The van der Waals surface area contributed by atoms with E-state index in [1.165, 1.54) is 0 Å². The number of aromatic nitrogens is 4. The molecule has 0 fully saturated rings. The van der Waals surface area contributed by atoms with Gasteiger partial charge in [0.1, 0.15) is 23.0 Å². The smallest absolute Gasteiger partial charge is 0.119 e. The first kappa shape index (κ1) is 37.7. The van der Waals surface area contributed by atoms with Crippen molar-refractivity contribution >= 4 is 44.1 Å². The zero-order chi connectivity index (χ0) is 41.0. The Kier molecular flexibility index (Phi) is 10.4. The van der Waals surface area contributed by atoms with Crippen LogP contribution in [0.25, 0.3) is 66.9 Å². The van der Waals surface area contributed by atoms with Gasteiger partial charge in [-0.1, -0.05) is 12.1 Å². The van der Waals surface area contributed by atoms with Crippen LogP contribution in [0.2, 0.25) is 0 Å². The first-order chi connectivity index (χ1) is 29.5. The minimum absolute atomic E-state index is 0.793. The Bertz CT molecular complexity index is 2660. The molecule has 4 heterocycles. The van der Waals surface area contributed by atoms with Crippen molar-refractivity contribution in [3.05, 3.63) is 194 Å². The molecule has 8 nitrogen and oxygen atoms in total. The molecule has 8 heteroatoms. The highest BCUT2D eigenvalue weighted by molar-refractivity contribution is 5.77. The molecule has 0 atom stereocenters. The van der Waals surface area contributed by atoms with Crippen LogP contribution in [0, 0.1) is 0 Å². The molecule has 60 heavy (non-hydrogen) atoms. The van der Waals surface area contributed by atoms with E-state index < -0.39 is 0 Å². The summed E-state index contributed by atoms with van der Waals surface area (Å²) in [6, 6.07) is 67.4. The third-order valence-corrected chi connectivity index (χ3v) is 10.7. The number of benzene rings is 8. The lowest BCUT2D eigenvalue weighted by Gasteiger charge is -2.17. The molecule has 0 spiro atoms. The molecular formula is C52H44N4O4. The van der Waals surface area contributed by atoms with Gasteiger partial charge in [0.2, 0.25) is 0 Å². The van der Waals surface area contributed by atoms with Crippen molar-refractivity contribution in [1.29, 1.82) is 0 Å². The number of rotatable bonds is 8. The normalized spacial score (nSPS) is 11.0. The van der Waals surface area contributed by atoms with Gasteiger partial charge in [0.25, 0.3) is 0 Å². The number of ether oxygens (including phenoxy) is 4. The lowest BCUT2D eigenvalue weighted by Crippen LogP contribution is -2.02. The van der Waals surface area contributed by atoms with Crippen LogP contribution in [0.15, 0.2) is 194 Å². The maximum atomic E-state index is 5.56. The molecule has 0 radical (unpaired) electrons. The Hall–Kier alpha value is -7.84. The fourth-order valence-electron chi connectivity index (χ4n) is 7.76. The van der Waals surface area contributed by atoms with E-state index in [0.717, 1.165) is 89.9 Å². The second kappa shape index (κ2) is 16.6. The van der Waals surface area contributed by atoms with Crippen molar-refractivity contribution in [2.24, 2.45) is 0 Å². The molecule has 4 aromatic heterocycles. The molecule has 0 saturated carbocycles. The van der Waals surface area contributed by atoms with Crippen LogP contribution in [-0.4, -0.2) is 46.7 Å². The molecule has 0 aliphatic heterocycles. The Morgan fingerprint density at radius 2 is 0.433 bits per heavy atom. The van der Waals surface area contributed by atoms with Crippen molar-refractivity contribution in [1.82, 2.24) is 18.3 Å². The molecule has 296 valence electrons. The predicted octanol–water partition coefficient (Wildman–Crippen LogP) is 12.3. The summed E-state index contributed by atoms with van der Waals surface area (Å²) in [4.78, 5) is 0. The van der Waals surface area contributed by atoms with Gasteiger partial charge in [-0.15, -0.1) is 0 Å². The summed E-state index contributed by atoms with van der Waals surface area (Å²) in [5.74, 6) is 3.17. The first-order valence-electron chi connectivity index (χ1n) is 19.7. The molecule has 8 bridgehead atoms. The zero-order valence-electron chi connectivity index (χ0n) is 33.9. The van der Waals surface area contributed by atoms with Gasteiger partial charge in [0.05, 0.1) is 28.4 Å². The van der Waals surface area contributed by atoms with Crippen molar-refractivity contribution in [2.45, 2.75) is 0 Å². The van der Waals surface area contributed by atoms with Gasteiger partial charge in [-0.25, -0.2) is 0 Å². The average Bonchev–Trinajstić information content (AvgIpc) is 3.31. The van der Waals surface area contributed by atoms with Crippen molar-refractivity contribution in [3.8, 4) is 45.7 Å². The Balaban J connectivity index is 1.46. The molecular weight excluding hydrogens is 745 g/mol. The fourth-order valence-corrected chi connectivity index (χ4v) is 7.76. The van der Waals surface area contributed by atoms with Crippen molar-refractivity contribution in [3.63, 3.8) is 0 Å². The summed E-state index contributed by atoms with van der Waals surface area (Å²) in [6.45, 7) is 0. The molecule has 8 aromatic carbocycles. The van der Waals surface area contributed by atoms with E-state index in [2.05, 4.69) is 164 Å². The molecule has 0 unspecified atom stereocenters. The van der Waals surface area contributed by atoms with Gasteiger partial charge >= 0.3 is 0 Å². The van der Waals surface area contributed by atoms with Crippen LogP contribution in [0.4, 0.5) is 0 Å². The van der Waals surface area contributed by atoms with Gasteiger partial charge in [-0.05, 0) is 182 Å².